The number of rotatable bonds is 4. The number of thiophene rings is 1. The van der Waals surface area contributed by atoms with Gasteiger partial charge in [-0.15, -0.1) is 11.3 Å². The lowest BCUT2D eigenvalue weighted by atomic mass is 10.1. The first kappa shape index (κ1) is 15.9. The highest BCUT2D eigenvalue weighted by molar-refractivity contribution is 7.12. The van der Waals surface area contributed by atoms with E-state index < -0.39 is 11.7 Å². The van der Waals surface area contributed by atoms with Gasteiger partial charge in [0.2, 0.25) is 0 Å². The smallest absolute Gasteiger partial charge is 0.377 e. The van der Waals surface area contributed by atoms with E-state index in [9.17, 15) is 13.2 Å². The van der Waals surface area contributed by atoms with Crippen molar-refractivity contribution in [3.8, 4) is 0 Å². The third kappa shape index (κ3) is 3.79. The third-order valence-corrected chi connectivity index (χ3v) is 4.81. The Hall–Kier alpha value is -1.49. The van der Waals surface area contributed by atoms with E-state index in [-0.39, 0.29) is 6.04 Å². The molecular formula is C16H18F3NS. The highest BCUT2D eigenvalue weighted by atomic mass is 32.1. The number of anilines is 1. The van der Waals surface area contributed by atoms with Gasteiger partial charge in [-0.05, 0) is 50.1 Å². The van der Waals surface area contributed by atoms with Crippen molar-refractivity contribution < 1.29 is 13.2 Å². The number of aryl methyl sites for hydroxylation is 2. The van der Waals surface area contributed by atoms with Crippen molar-refractivity contribution in [3.05, 3.63) is 51.2 Å². The Morgan fingerprint density at radius 2 is 1.90 bits per heavy atom. The van der Waals surface area contributed by atoms with Gasteiger partial charge in [0.15, 0.2) is 0 Å². The molecule has 1 unspecified atom stereocenters. The number of nitrogens with one attached hydrogen (secondary N) is 1. The van der Waals surface area contributed by atoms with Crippen LogP contribution in [0.25, 0.3) is 0 Å². The van der Waals surface area contributed by atoms with Crippen LogP contribution in [0.3, 0.4) is 0 Å². The summed E-state index contributed by atoms with van der Waals surface area (Å²) in [7, 11) is 0. The summed E-state index contributed by atoms with van der Waals surface area (Å²) >= 11 is 1.69. The summed E-state index contributed by atoms with van der Waals surface area (Å²) in [5.41, 5.74) is 0.717. The second-order valence-electron chi connectivity index (χ2n) is 5.05. The number of alkyl halides is 3. The van der Waals surface area contributed by atoms with E-state index in [4.69, 9.17) is 0 Å². The Balaban J connectivity index is 2.22. The van der Waals surface area contributed by atoms with Crippen molar-refractivity contribution in [2.75, 3.05) is 5.32 Å². The monoisotopic (exact) mass is 313 g/mol. The fraction of sp³-hybridized carbons (Fsp3) is 0.375. The topological polar surface area (TPSA) is 12.0 Å². The second kappa shape index (κ2) is 6.10. The van der Waals surface area contributed by atoms with Gasteiger partial charge in [-0.1, -0.05) is 13.0 Å². The average Bonchev–Trinajstić information content (AvgIpc) is 2.88. The van der Waals surface area contributed by atoms with Gasteiger partial charge in [-0.3, -0.25) is 0 Å². The summed E-state index contributed by atoms with van der Waals surface area (Å²) in [4.78, 5) is 2.41. The van der Waals surface area contributed by atoms with E-state index in [0.717, 1.165) is 22.9 Å². The van der Waals surface area contributed by atoms with Crippen molar-refractivity contribution >= 4 is 17.0 Å². The Morgan fingerprint density at radius 1 is 1.19 bits per heavy atom. The SMILES string of the molecule is CCc1ccc(C(C)Nc2cc(C(F)(F)F)ccc2C)s1. The van der Waals surface area contributed by atoms with Crippen LogP contribution in [0.2, 0.25) is 0 Å². The minimum absolute atomic E-state index is 0.0162. The number of hydrogen-bond donors (Lipinski definition) is 1. The molecule has 0 amide bonds. The number of benzene rings is 1. The molecule has 1 heterocycles. The van der Waals surface area contributed by atoms with Gasteiger partial charge in [0.25, 0.3) is 0 Å². The summed E-state index contributed by atoms with van der Waals surface area (Å²) < 4.78 is 38.4. The molecule has 1 atom stereocenters. The van der Waals surface area contributed by atoms with Gasteiger partial charge in [0.1, 0.15) is 0 Å². The van der Waals surface area contributed by atoms with Crippen LogP contribution in [0.15, 0.2) is 30.3 Å². The Bertz CT molecular complexity index is 616. The molecule has 0 aliphatic rings. The molecule has 1 nitrogen and oxygen atoms in total. The minimum atomic E-state index is -4.31. The van der Waals surface area contributed by atoms with Crippen LogP contribution in [0.5, 0.6) is 0 Å². The third-order valence-electron chi connectivity index (χ3n) is 3.39. The lowest BCUT2D eigenvalue weighted by molar-refractivity contribution is -0.137. The van der Waals surface area contributed by atoms with Crippen molar-refractivity contribution in [1.29, 1.82) is 0 Å². The summed E-state index contributed by atoms with van der Waals surface area (Å²) in [5, 5.41) is 3.19. The lowest BCUT2D eigenvalue weighted by Gasteiger charge is -2.17. The van der Waals surface area contributed by atoms with Crippen LogP contribution in [0.1, 0.15) is 40.8 Å². The molecule has 1 aromatic carbocycles. The normalized spacial score (nSPS) is 13.2. The molecular weight excluding hydrogens is 295 g/mol. The van der Waals surface area contributed by atoms with E-state index in [2.05, 4.69) is 18.3 Å². The van der Waals surface area contributed by atoms with Gasteiger partial charge in [0.05, 0.1) is 11.6 Å². The first-order valence-electron chi connectivity index (χ1n) is 6.84. The van der Waals surface area contributed by atoms with E-state index in [0.29, 0.717) is 5.69 Å². The van der Waals surface area contributed by atoms with Crippen LogP contribution in [0.4, 0.5) is 18.9 Å². The molecule has 0 fully saturated rings. The van der Waals surface area contributed by atoms with Gasteiger partial charge in [0, 0.05) is 15.4 Å². The van der Waals surface area contributed by atoms with E-state index in [1.54, 1.807) is 18.3 Å². The molecule has 0 aliphatic heterocycles. The maximum Gasteiger partial charge on any atom is 0.416 e. The minimum Gasteiger partial charge on any atom is -0.377 e. The van der Waals surface area contributed by atoms with Crippen molar-refractivity contribution in [2.45, 2.75) is 39.4 Å². The van der Waals surface area contributed by atoms with Crippen LogP contribution in [0, 0.1) is 6.92 Å². The van der Waals surface area contributed by atoms with E-state index in [1.807, 2.05) is 13.0 Å². The maximum absolute atomic E-state index is 12.8. The molecule has 114 valence electrons. The van der Waals surface area contributed by atoms with Gasteiger partial charge >= 0.3 is 6.18 Å². The molecule has 0 saturated heterocycles. The molecule has 0 radical (unpaired) electrons. The highest BCUT2D eigenvalue weighted by Gasteiger charge is 2.30. The molecule has 2 rings (SSSR count). The van der Waals surface area contributed by atoms with Crippen LogP contribution < -0.4 is 5.32 Å². The summed E-state index contributed by atoms with van der Waals surface area (Å²) in [5.74, 6) is 0. The Morgan fingerprint density at radius 3 is 2.48 bits per heavy atom. The highest BCUT2D eigenvalue weighted by Crippen LogP contribution is 2.34. The summed E-state index contributed by atoms with van der Waals surface area (Å²) in [6.45, 7) is 5.86. The van der Waals surface area contributed by atoms with E-state index in [1.165, 1.54) is 17.0 Å². The Kier molecular flexibility index (Phi) is 4.61. The molecule has 21 heavy (non-hydrogen) atoms. The molecule has 1 N–H and O–H groups in total. The van der Waals surface area contributed by atoms with Crippen molar-refractivity contribution in [1.82, 2.24) is 0 Å². The van der Waals surface area contributed by atoms with Crippen molar-refractivity contribution in [3.63, 3.8) is 0 Å². The first-order valence-corrected chi connectivity index (χ1v) is 7.66. The largest absolute Gasteiger partial charge is 0.416 e. The molecule has 2 aromatic rings. The summed E-state index contributed by atoms with van der Waals surface area (Å²) in [6, 6.07) is 7.88. The van der Waals surface area contributed by atoms with Crippen molar-refractivity contribution in [2.24, 2.45) is 0 Å². The fourth-order valence-electron chi connectivity index (χ4n) is 2.08. The average molecular weight is 313 g/mol. The molecule has 5 heteroatoms. The second-order valence-corrected chi connectivity index (χ2v) is 6.25. The lowest BCUT2D eigenvalue weighted by Crippen LogP contribution is -2.09. The van der Waals surface area contributed by atoms with Crippen LogP contribution >= 0.6 is 11.3 Å². The van der Waals surface area contributed by atoms with Gasteiger partial charge in [-0.25, -0.2) is 0 Å². The zero-order valence-corrected chi connectivity index (χ0v) is 13.0. The quantitative estimate of drug-likeness (QED) is 0.751. The first-order chi connectivity index (χ1) is 9.81. The fourth-order valence-corrected chi connectivity index (χ4v) is 3.03. The number of hydrogen-bond acceptors (Lipinski definition) is 2. The predicted molar refractivity (Wildman–Crippen MR) is 81.9 cm³/mol. The molecule has 0 bridgehead atoms. The molecule has 0 aliphatic carbocycles. The zero-order valence-electron chi connectivity index (χ0n) is 12.2. The zero-order chi connectivity index (χ0) is 15.6. The molecule has 0 spiro atoms. The summed E-state index contributed by atoms with van der Waals surface area (Å²) in [6.07, 6.45) is -3.34. The van der Waals surface area contributed by atoms with Gasteiger partial charge < -0.3 is 5.32 Å². The predicted octanol–water partition coefficient (Wildman–Crippen LogP) is 5.81. The Labute approximate surface area is 126 Å². The van der Waals surface area contributed by atoms with Gasteiger partial charge in [-0.2, -0.15) is 13.2 Å². The molecule has 0 saturated carbocycles. The van der Waals surface area contributed by atoms with E-state index >= 15 is 0 Å². The molecule has 1 aromatic heterocycles. The number of halogens is 3. The van der Waals surface area contributed by atoms with Crippen LogP contribution in [-0.2, 0) is 12.6 Å². The standard InChI is InChI=1S/C16H18F3NS/c1-4-13-7-8-15(21-13)11(3)20-14-9-12(16(17,18)19)6-5-10(14)2/h5-9,11,20H,4H2,1-3H3. The maximum atomic E-state index is 12.8. The van der Waals surface area contributed by atoms with Crippen LogP contribution in [-0.4, -0.2) is 0 Å².